The van der Waals surface area contributed by atoms with Crippen LogP contribution < -0.4 is 10.2 Å². The van der Waals surface area contributed by atoms with E-state index in [2.05, 4.69) is 46.4 Å². The summed E-state index contributed by atoms with van der Waals surface area (Å²) in [6.07, 6.45) is 4.09. The van der Waals surface area contributed by atoms with Gasteiger partial charge in [0.15, 0.2) is 5.82 Å². The number of carbonyl (C=O) groups is 1. The highest BCUT2D eigenvalue weighted by Crippen LogP contribution is 2.23. The highest BCUT2D eigenvalue weighted by atomic mass is 16.1. The molecule has 0 radical (unpaired) electrons. The number of rotatable bonds is 6. The van der Waals surface area contributed by atoms with Crippen LogP contribution >= 0.6 is 0 Å². The Bertz CT molecular complexity index is 729. The summed E-state index contributed by atoms with van der Waals surface area (Å²) in [7, 11) is 0. The van der Waals surface area contributed by atoms with Gasteiger partial charge in [0.1, 0.15) is 0 Å². The van der Waals surface area contributed by atoms with Crippen LogP contribution in [-0.2, 0) is 4.79 Å². The third-order valence-corrected chi connectivity index (χ3v) is 4.91. The molecule has 0 spiro atoms. The molecule has 0 aliphatic carbocycles. The third-order valence-electron chi connectivity index (χ3n) is 4.91. The van der Waals surface area contributed by atoms with Gasteiger partial charge in [-0.05, 0) is 44.4 Å². The second-order valence-corrected chi connectivity index (χ2v) is 7.08. The van der Waals surface area contributed by atoms with E-state index >= 15 is 0 Å². The summed E-state index contributed by atoms with van der Waals surface area (Å²) >= 11 is 0. The van der Waals surface area contributed by atoms with Crippen LogP contribution in [0.15, 0.2) is 36.4 Å². The molecule has 1 fully saturated rings. The molecule has 1 aromatic carbocycles. The summed E-state index contributed by atoms with van der Waals surface area (Å²) in [5.41, 5.74) is 3.17. The van der Waals surface area contributed by atoms with Crippen molar-refractivity contribution in [1.29, 1.82) is 0 Å². The van der Waals surface area contributed by atoms with Crippen molar-refractivity contribution in [3.05, 3.63) is 42.0 Å². The number of nitrogens with one attached hydrogen (secondary N) is 1. The maximum absolute atomic E-state index is 12.3. The molecule has 138 valence electrons. The highest BCUT2D eigenvalue weighted by molar-refractivity contribution is 5.79. The van der Waals surface area contributed by atoms with E-state index in [9.17, 15) is 4.79 Å². The molecular formula is C21H28N4O. The first kappa shape index (κ1) is 18.4. The van der Waals surface area contributed by atoms with Gasteiger partial charge in [0.05, 0.1) is 11.6 Å². The molecule has 0 bridgehead atoms. The van der Waals surface area contributed by atoms with Gasteiger partial charge in [0.25, 0.3) is 0 Å². The Morgan fingerprint density at radius 3 is 2.88 bits per heavy atom. The molecule has 0 unspecified atom stereocenters. The zero-order valence-electron chi connectivity index (χ0n) is 15.7. The van der Waals surface area contributed by atoms with E-state index in [1.54, 1.807) is 0 Å². The Morgan fingerprint density at radius 2 is 2.15 bits per heavy atom. The molecule has 1 N–H and O–H groups in total. The number of aryl methyl sites for hydroxylation is 1. The van der Waals surface area contributed by atoms with Crippen LogP contribution in [0.4, 0.5) is 5.82 Å². The number of piperidine rings is 1. The van der Waals surface area contributed by atoms with Crippen LogP contribution in [0.25, 0.3) is 11.3 Å². The SMILES string of the molecule is CCCCNC(=O)[C@H]1CCCN(c2ccc(-c3cccc(C)c3)nn2)C1. The Morgan fingerprint density at radius 1 is 1.27 bits per heavy atom. The van der Waals surface area contributed by atoms with Crippen LogP contribution in [0, 0.1) is 12.8 Å². The van der Waals surface area contributed by atoms with Gasteiger partial charge in [-0.1, -0.05) is 37.1 Å². The summed E-state index contributed by atoms with van der Waals surface area (Å²) in [5.74, 6) is 1.07. The summed E-state index contributed by atoms with van der Waals surface area (Å²) in [6, 6.07) is 12.3. The number of hydrogen-bond acceptors (Lipinski definition) is 4. The molecule has 1 aromatic heterocycles. The highest BCUT2D eigenvalue weighted by Gasteiger charge is 2.26. The number of nitrogens with zero attached hydrogens (tertiary/aromatic N) is 3. The van der Waals surface area contributed by atoms with E-state index < -0.39 is 0 Å². The number of anilines is 1. The largest absolute Gasteiger partial charge is 0.356 e. The molecule has 1 saturated heterocycles. The summed E-state index contributed by atoms with van der Waals surface area (Å²) in [5, 5.41) is 11.9. The van der Waals surface area contributed by atoms with E-state index in [-0.39, 0.29) is 11.8 Å². The Labute approximate surface area is 155 Å². The molecule has 26 heavy (non-hydrogen) atoms. The molecule has 1 aliphatic heterocycles. The quantitative estimate of drug-likeness (QED) is 0.807. The van der Waals surface area contributed by atoms with Gasteiger partial charge in [-0.2, -0.15) is 0 Å². The topological polar surface area (TPSA) is 58.1 Å². The standard InChI is InChI=1S/C21H28N4O/c1-3-4-12-22-21(26)18-9-6-13-25(15-18)20-11-10-19(23-24-20)17-8-5-7-16(2)14-17/h5,7-8,10-11,14,18H,3-4,6,9,12-13,15H2,1-2H3,(H,22,26)/t18-/m0/s1. The van der Waals surface area contributed by atoms with E-state index in [1.807, 2.05) is 24.3 Å². The zero-order valence-corrected chi connectivity index (χ0v) is 15.7. The predicted octanol–water partition coefficient (Wildman–Crippen LogP) is 3.58. The molecular weight excluding hydrogens is 324 g/mol. The number of benzene rings is 1. The first-order valence-corrected chi connectivity index (χ1v) is 9.61. The number of unbranched alkanes of at least 4 members (excludes halogenated alkanes) is 1. The van der Waals surface area contributed by atoms with Crippen molar-refractivity contribution >= 4 is 11.7 Å². The average molecular weight is 352 g/mol. The fourth-order valence-electron chi connectivity index (χ4n) is 3.38. The lowest BCUT2D eigenvalue weighted by molar-refractivity contribution is -0.125. The number of amides is 1. The van der Waals surface area contributed by atoms with E-state index in [0.29, 0.717) is 0 Å². The normalized spacial score (nSPS) is 17.2. The van der Waals surface area contributed by atoms with Crippen molar-refractivity contribution in [2.75, 3.05) is 24.5 Å². The lowest BCUT2D eigenvalue weighted by Crippen LogP contribution is -2.43. The van der Waals surface area contributed by atoms with Crippen LogP contribution in [0.5, 0.6) is 0 Å². The zero-order chi connectivity index (χ0) is 18.4. The van der Waals surface area contributed by atoms with Crippen molar-refractivity contribution in [3.63, 3.8) is 0 Å². The van der Waals surface area contributed by atoms with Crippen molar-refractivity contribution in [3.8, 4) is 11.3 Å². The minimum Gasteiger partial charge on any atom is -0.356 e. The lowest BCUT2D eigenvalue weighted by Gasteiger charge is -2.32. The second-order valence-electron chi connectivity index (χ2n) is 7.08. The fourth-order valence-corrected chi connectivity index (χ4v) is 3.38. The van der Waals surface area contributed by atoms with Crippen molar-refractivity contribution in [2.45, 2.75) is 39.5 Å². The maximum Gasteiger partial charge on any atom is 0.224 e. The van der Waals surface area contributed by atoms with Gasteiger partial charge in [0, 0.05) is 25.2 Å². The maximum atomic E-state index is 12.3. The van der Waals surface area contributed by atoms with Crippen molar-refractivity contribution in [1.82, 2.24) is 15.5 Å². The summed E-state index contributed by atoms with van der Waals surface area (Å²) in [4.78, 5) is 14.5. The molecule has 3 rings (SSSR count). The molecule has 1 amide bonds. The number of carbonyl (C=O) groups excluding carboxylic acids is 1. The summed E-state index contributed by atoms with van der Waals surface area (Å²) in [6.45, 7) is 6.63. The van der Waals surface area contributed by atoms with E-state index in [0.717, 1.165) is 62.4 Å². The molecule has 2 aromatic rings. The summed E-state index contributed by atoms with van der Waals surface area (Å²) < 4.78 is 0. The van der Waals surface area contributed by atoms with E-state index in [4.69, 9.17) is 0 Å². The minimum absolute atomic E-state index is 0.0406. The number of aromatic nitrogens is 2. The van der Waals surface area contributed by atoms with Crippen LogP contribution in [0.3, 0.4) is 0 Å². The second kappa shape index (κ2) is 8.79. The average Bonchev–Trinajstić information content (AvgIpc) is 2.68. The van der Waals surface area contributed by atoms with E-state index in [1.165, 1.54) is 5.56 Å². The van der Waals surface area contributed by atoms with Crippen LogP contribution in [-0.4, -0.2) is 35.7 Å². The van der Waals surface area contributed by atoms with Gasteiger partial charge in [0.2, 0.25) is 5.91 Å². The smallest absolute Gasteiger partial charge is 0.224 e. The first-order valence-electron chi connectivity index (χ1n) is 9.61. The van der Waals surface area contributed by atoms with Crippen molar-refractivity contribution < 1.29 is 4.79 Å². The molecule has 2 heterocycles. The van der Waals surface area contributed by atoms with Crippen LogP contribution in [0.1, 0.15) is 38.2 Å². The lowest BCUT2D eigenvalue weighted by atomic mass is 9.97. The molecule has 1 atom stereocenters. The minimum atomic E-state index is 0.0406. The van der Waals surface area contributed by atoms with Crippen LogP contribution in [0.2, 0.25) is 0 Å². The number of hydrogen-bond donors (Lipinski definition) is 1. The molecule has 1 aliphatic rings. The molecule has 0 saturated carbocycles. The monoisotopic (exact) mass is 352 g/mol. The van der Waals surface area contributed by atoms with Gasteiger partial charge < -0.3 is 10.2 Å². The Hall–Kier alpha value is -2.43. The molecule has 5 heteroatoms. The first-order chi connectivity index (χ1) is 12.7. The van der Waals surface area contributed by atoms with Gasteiger partial charge in [-0.25, -0.2) is 0 Å². The fraction of sp³-hybridized carbons (Fsp3) is 0.476. The van der Waals surface area contributed by atoms with Gasteiger partial charge in [-0.3, -0.25) is 4.79 Å². The Kier molecular flexibility index (Phi) is 6.21. The van der Waals surface area contributed by atoms with Gasteiger partial charge >= 0.3 is 0 Å². The van der Waals surface area contributed by atoms with Crippen molar-refractivity contribution in [2.24, 2.45) is 5.92 Å². The molecule has 5 nitrogen and oxygen atoms in total. The third kappa shape index (κ3) is 4.59. The van der Waals surface area contributed by atoms with Gasteiger partial charge in [-0.15, -0.1) is 10.2 Å². The predicted molar refractivity (Wildman–Crippen MR) is 105 cm³/mol. The Balaban J connectivity index is 1.64.